The number of hydrogen-bond donors (Lipinski definition) is 0. The SMILES string of the molecule is COc1nc(O[C@H]2CCc3c(Br)cccc32)cnc1C#N. The molecule has 0 fully saturated rings. The predicted octanol–water partition coefficient (Wildman–Crippen LogP) is 3.19. The van der Waals surface area contributed by atoms with E-state index in [0.717, 1.165) is 22.9 Å². The largest absolute Gasteiger partial charge is 0.479 e. The summed E-state index contributed by atoms with van der Waals surface area (Å²) in [4.78, 5) is 8.18. The number of rotatable bonds is 3. The standard InChI is InChI=1S/C15H12BrN3O2/c1-20-15-12(7-17)18-8-14(19-15)21-13-6-5-9-10(13)3-2-4-11(9)16/h2-4,8,13H,5-6H2,1H3/t13-/m0/s1. The number of ether oxygens (including phenoxy) is 2. The number of nitrogens with zero attached hydrogens (tertiary/aromatic N) is 3. The molecule has 0 amide bonds. The zero-order chi connectivity index (χ0) is 14.8. The second-order valence-corrected chi connectivity index (χ2v) is 5.49. The molecule has 6 heteroatoms. The maximum atomic E-state index is 8.91. The number of nitriles is 1. The van der Waals surface area contributed by atoms with Crippen LogP contribution in [0.2, 0.25) is 0 Å². The highest BCUT2D eigenvalue weighted by Gasteiger charge is 2.26. The van der Waals surface area contributed by atoms with Crippen LogP contribution in [-0.2, 0) is 6.42 Å². The molecule has 0 bridgehead atoms. The second-order valence-electron chi connectivity index (χ2n) is 4.63. The Labute approximate surface area is 130 Å². The van der Waals surface area contributed by atoms with Gasteiger partial charge in [0.1, 0.15) is 12.2 Å². The summed E-state index contributed by atoms with van der Waals surface area (Å²) in [6, 6.07) is 8.02. The van der Waals surface area contributed by atoms with Gasteiger partial charge in [-0.3, -0.25) is 0 Å². The number of hydrogen-bond acceptors (Lipinski definition) is 5. The lowest BCUT2D eigenvalue weighted by Gasteiger charge is -2.14. The van der Waals surface area contributed by atoms with E-state index >= 15 is 0 Å². The predicted molar refractivity (Wildman–Crippen MR) is 79.1 cm³/mol. The maximum Gasteiger partial charge on any atom is 0.254 e. The van der Waals surface area contributed by atoms with Gasteiger partial charge in [-0.1, -0.05) is 28.1 Å². The average Bonchev–Trinajstić information content (AvgIpc) is 2.92. The number of halogens is 1. The minimum atomic E-state index is -0.0514. The lowest BCUT2D eigenvalue weighted by atomic mass is 10.1. The Balaban J connectivity index is 1.87. The van der Waals surface area contributed by atoms with Crippen LogP contribution < -0.4 is 9.47 Å². The van der Waals surface area contributed by atoms with E-state index in [1.54, 1.807) is 0 Å². The van der Waals surface area contributed by atoms with Crippen molar-refractivity contribution in [1.29, 1.82) is 5.26 Å². The summed E-state index contributed by atoms with van der Waals surface area (Å²) in [5.41, 5.74) is 2.59. The lowest BCUT2D eigenvalue weighted by Crippen LogP contribution is -2.06. The van der Waals surface area contributed by atoms with Gasteiger partial charge in [0, 0.05) is 4.47 Å². The van der Waals surface area contributed by atoms with Crippen molar-refractivity contribution in [3.8, 4) is 17.8 Å². The van der Waals surface area contributed by atoms with Gasteiger partial charge in [0.25, 0.3) is 5.88 Å². The summed E-state index contributed by atoms with van der Waals surface area (Å²) in [5, 5.41) is 8.91. The van der Waals surface area contributed by atoms with E-state index in [0.29, 0.717) is 5.88 Å². The van der Waals surface area contributed by atoms with Crippen LogP contribution in [0.25, 0.3) is 0 Å². The van der Waals surface area contributed by atoms with E-state index in [4.69, 9.17) is 14.7 Å². The molecule has 1 atom stereocenters. The second kappa shape index (κ2) is 5.70. The summed E-state index contributed by atoms with van der Waals surface area (Å²) in [5.74, 6) is 0.547. The molecule has 1 heterocycles. The van der Waals surface area contributed by atoms with Crippen molar-refractivity contribution in [2.24, 2.45) is 0 Å². The van der Waals surface area contributed by atoms with Crippen LogP contribution in [0, 0.1) is 11.3 Å². The molecule has 0 aliphatic heterocycles. The molecule has 0 saturated heterocycles. The average molecular weight is 346 g/mol. The molecular weight excluding hydrogens is 334 g/mol. The van der Waals surface area contributed by atoms with Crippen LogP contribution in [0.3, 0.4) is 0 Å². The Morgan fingerprint density at radius 3 is 3.05 bits per heavy atom. The first-order valence-corrected chi connectivity index (χ1v) is 7.27. The summed E-state index contributed by atoms with van der Waals surface area (Å²) < 4.78 is 12.1. The van der Waals surface area contributed by atoms with Crippen molar-refractivity contribution in [2.75, 3.05) is 7.11 Å². The third kappa shape index (κ3) is 2.57. The minimum absolute atomic E-state index is 0.0514. The number of fused-ring (bicyclic) bond motifs is 1. The first-order valence-electron chi connectivity index (χ1n) is 6.48. The fourth-order valence-electron chi connectivity index (χ4n) is 2.47. The molecule has 0 spiro atoms. The van der Waals surface area contributed by atoms with Crippen molar-refractivity contribution in [3.05, 3.63) is 45.7 Å². The summed E-state index contributed by atoms with van der Waals surface area (Å²) in [7, 11) is 1.45. The molecule has 3 rings (SSSR count). The Bertz CT molecular complexity index is 727. The van der Waals surface area contributed by atoms with Crippen molar-refractivity contribution < 1.29 is 9.47 Å². The highest BCUT2D eigenvalue weighted by Crippen LogP contribution is 2.38. The van der Waals surface area contributed by atoms with Crippen molar-refractivity contribution in [2.45, 2.75) is 18.9 Å². The lowest BCUT2D eigenvalue weighted by molar-refractivity contribution is 0.195. The van der Waals surface area contributed by atoms with Gasteiger partial charge in [0.15, 0.2) is 0 Å². The van der Waals surface area contributed by atoms with Gasteiger partial charge in [-0.05, 0) is 30.0 Å². The normalized spacial score (nSPS) is 16.1. The highest BCUT2D eigenvalue weighted by atomic mass is 79.9. The fourth-order valence-corrected chi connectivity index (χ4v) is 3.05. The van der Waals surface area contributed by atoms with Gasteiger partial charge in [-0.2, -0.15) is 10.2 Å². The Morgan fingerprint density at radius 2 is 2.29 bits per heavy atom. The van der Waals surface area contributed by atoms with E-state index in [1.165, 1.54) is 18.9 Å². The number of benzene rings is 1. The smallest absolute Gasteiger partial charge is 0.254 e. The molecule has 0 radical (unpaired) electrons. The third-order valence-corrected chi connectivity index (χ3v) is 4.18. The fraction of sp³-hybridized carbons (Fsp3) is 0.267. The molecule has 1 aromatic heterocycles. The first kappa shape index (κ1) is 13.8. The molecular formula is C15H12BrN3O2. The monoisotopic (exact) mass is 345 g/mol. The topological polar surface area (TPSA) is 68.0 Å². The maximum absolute atomic E-state index is 8.91. The Kier molecular flexibility index (Phi) is 3.76. The first-order chi connectivity index (χ1) is 10.2. The molecule has 0 unspecified atom stereocenters. The summed E-state index contributed by atoms with van der Waals surface area (Å²) in [6.07, 6.45) is 3.26. The molecule has 1 aromatic carbocycles. The molecule has 1 aliphatic carbocycles. The van der Waals surface area contributed by atoms with E-state index in [2.05, 4.69) is 32.0 Å². The third-order valence-electron chi connectivity index (χ3n) is 3.44. The molecule has 2 aromatic rings. The van der Waals surface area contributed by atoms with E-state index < -0.39 is 0 Å². The van der Waals surface area contributed by atoms with Crippen LogP contribution in [0.1, 0.15) is 29.3 Å². The van der Waals surface area contributed by atoms with Crippen LogP contribution in [0.15, 0.2) is 28.9 Å². The zero-order valence-corrected chi connectivity index (χ0v) is 12.9. The van der Waals surface area contributed by atoms with Crippen LogP contribution in [0.4, 0.5) is 0 Å². The zero-order valence-electron chi connectivity index (χ0n) is 11.3. The van der Waals surface area contributed by atoms with Gasteiger partial charge < -0.3 is 9.47 Å². The van der Waals surface area contributed by atoms with Gasteiger partial charge in [0.2, 0.25) is 11.6 Å². The Hall–Kier alpha value is -2.13. The van der Waals surface area contributed by atoms with E-state index in [1.807, 2.05) is 18.2 Å². The molecule has 5 nitrogen and oxygen atoms in total. The van der Waals surface area contributed by atoms with E-state index in [-0.39, 0.29) is 17.7 Å². The van der Waals surface area contributed by atoms with Crippen LogP contribution in [-0.4, -0.2) is 17.1 Å². The van der Waals surface area contributed by atoms with Crippen molar-refractivity contribution in [1.82, 2.24) is 9.97 Å². The van der Waals surface area contributed by atoms with Crippen LogP contribution >= 0.6 is 15.9 Å². The Morgan fingerprint density at radius 1 is 1.43 bits per heavy atom. The molecule has 106 valence electrons. The van der Waals surface area contributed by atoms with Crippen molar-refractivity contribution >= 4 is 15.9 Å². The molecule has 0 N–H and O–H groups in total. The minimum Gasteiger partial charge on any atom is -0.479 e. The summed E-state index contributed by atoms with van der Waals surface area (Å²) in [6.45, 7) is 0. The number of methoxy groups -OCH3 is 1. The molecule has 1 aliphatic rings. The molecule has 0 saturated carbocycles. The highest BCUT2D eigenvalue weighted by molar-refractivity contribution is 9.10. The van der Waals surface area contributed by atoms with Crippen molar-refractivity contribution in [3.63, 3.8) is 0 Å². The van der Waals surface area contributed by atoms with Gasteiger partial charge in [-0.25, -0.2) is 4.98 Å². The summed E-state index contributed by atoms with van der Waals surface area (Å²) >= 11 is 3.56. The van der Waals surface area contributed by atoms with Gasteiger partial charge >= 0.3 is 0 Å². The van der Waals surface area contributed by atoms with E-state index in [9.17, 15) is 0 Å². The quantitative estimate of drug-likeness (QED) is 0.854. The van der Waals surface area contributed by atoms with Crippen LogP contribution in [0.5, 0.6) is 11.8 Å². The molecule has 21 heavy (non-hydrogen) atoms. The number of aromatic nitrogens is 2. The van der Waals surface area contributed by atoms with Gasteiger partial charge in [0.05, 0.1) is 13.3 Å². The van der Waals surface area contributed by atoms with Gasteiger partial charge in [-0.15, -0.1) is 0 Å².